The number of hydrogen-bond donors (Lipinski definition) is 2. The van der Waals surface area contributed by atoms with Gasteiger partial charge in [-0.05, 0) is 18.9 Å². The van der Waals surface area contributed by atoms with E-state index in [4.69, 9.17) is 4.74 Å². The molecule has 12 heteroatoms. The summed E-state index contributed by atoms with van der Waals surface area (Å²) in [6, 6.07) is 2.24. The molecule has 5 heterocycles. The van der Waals surface area contributed by atoms with Crippen molar-refractivity contribution in [3.63, 3.8) is 0 Å². The van der Waals surface area contributed by atoms with Gasteiger partial charge in [0.25, 0.3) is 11.5 Å². The van der Waals surface area contributed by atoms with Gasteiger partial charge in [0.15, 0.2) is 0 Å². The van der Waals surface area contributed by atoms with Crippen LogP contribution in [0.5, 0.6) is 0 Å². The molecule has 0 aliphatic heterocycles. The predicted molar refractivity (Wildman–Crippen MR) is 142 cm³/mol. The minimum absolute atomic E-state index is 0.220. The molecule has 5 aromatic rings. The van der Waals surface area contributed by atoms with Crippen LogP contribution in [-0.4, -0.2) is 79.6 Å². The topological polar surface area (TPSA) is 122 Å². The minimum Gasteiger partial charge on any atom is -0.383 e. The summed E-state index contributed by atoms with van der Waals surface area (Å²) in [5.41, 5.74) is 2.66. The van der Waals surface area contributed by atoms with Gasteiger partial charge in [0.1, 0.15) is 21.3 Å². The lowest BCUT2D eigenvalue weighted by atomic mass is 9.91. The van der Waals surface area contributed by atoms with Crippen LogP contribution >= 0.6 is 11.3 Å². The van der Waals surface area contributed by atoms with Crippen LogP contribution < -0.4 is 10.9 Å². The summed E-state index contributed by atoms with van der Waals surface area (Å²) in [5.74, 6) is -0.220. The summed E-state index contributed by atoms with van der Waals surface area (Å²) < 4.78 is 8.68. The van der Waals surface area contributed by atoms with Crippen LogP contribution in [-0.2, 0) is 11.8 Å². The van der Waals surface area contributed by atoms with E-state index in [1.807, 2.05) is 19.4 Å². The highest BCUT2D eigenvalue weighted by Crippen LogP contribution is 2.33. The van der Waals surface area contributed by atoms with Crippen LogP contribution in [0.2, 0.25) is 0 Å². The number of methoxy groups -OCH3 is 1. The second-order valence-corrected chi connectivity index (χ2v) is 10.4. The monoisotopic (exact) mass is 520 g/mol. The van der Waals surface area contributed by atoms with Gasteiger partial charge in [-0.15, -0.1) is 11.3 Å². The molecule has 1 saturated carbocycles. The van der Waals surface area contributed by atoms with Gasteiger partial charge in [0, 0.05) is 64.0 Å². The van der Waals surface area contributed by atoms with Gasteiger partial charge in [0.05, 0.1) is 28.8 Å². The molecule has 6 rings (SSSR count). The van der Waals surface area contributed by atoms with Crippen molar-refractivity contribution >= 4 is 44.0 Å². The Morgan fingerprint density at radius 2 is 2.14 bits per heavy atom. The number of pyridine rings is 2. The van der Waals surface area contributed by atoms with Gasteiger partial charge in [-0.2, -0.15) is 10.2 Å². The first-order valence-electron chi connectivity index (χ1n) is 12.4. The maximum atomic E-state index is 13.1. The van der Waals surface area contributed by atoms with Crippen molar-refractivity contribution < 1.29 is 9.53 Å². The SMILES string of the molecule is COCCN(CCNC(=O)c1cnc2c(c1)[nH]c(=O)c1c2nn2cc(-c3cnn(C)c3)sc12)C1CCC1. The zero-order valence-corrected chi connectivity index (χ0v) is 21.5. The van der Waals surface area contributed by atoms with Crippen LogP contribution in [0.4, 0.5) is 0 Å². The van der Waals surface area contributed by atoms with E-state index in [1.54, 1.807) is 34.8 Å². The fourth-order valence-electron chi connectivity index (χ4n) is 4.81. The zero-order valence-electron chi connectivity index (χ0n) is 20.7. The van der Waals surface area contributed by atoms with Crippen LogP contribution in [0.3, 0.4) is 0 Å². The Morgan fingerprint density at radius 3 is 2.86 bits per heavy atom. The van der Waals surface area contributed by atoms with E-state index in [-0.39, 0.29) is 11.5 Å². The molecule has 37 heavy (non-hydrogen) atoms. The number of carbonyl (C=O) groups is 1. The average Bonchev–Trinajstić information content (AvgIpc) is 3.55. The number of hydrogen-bond acceptors (Lipinski definition) is 8. The number of ether oxygens (including phenoxy) is 1. The second-order valence-electron chi connectivity index (χ2n) is 9.42. The summed E-state index contributed by atoms with van der Waals surface area (Å²) in [6.07, 6.45) is 10.8. The number of fused-ring (bicyclic) bond motifs is 5. The van der Waals surface area contributed by atoms with Gasteiger partial charge in [-0.25, -0.2) is 4.52 Å². The highest BCUT2D eigenvalue weighted by Gasteiger charge is 2.24. The molecule has 5 aromatic heterocycles. The molecule has 11 nitrogen and oxygen atoms in total. The van der Waals surface area contributed by atoms with E-state index in [0.717, 1.165) is 28.4 Å². The van der Waals surface area contributed by atoms with Crippen molar-refractivity contribution in [1.82, 2.24) is 39.6 Å². The van der Waals surface area contributed by atoms with Gasteiger partial charge in [-0.3, -0.25) is 24.2 Å². The van der Waals surface area contributed by atoms with E-state index in [1.165, 1.54) is 30.6 Å². The number of carbonyl (C=O) groups excluding carboxylic acids is 1. The number of amides is 1. The standard InChI is InChI=1S/C25H28N8O3S/c1-31-13-16(12-28-31)19-14-33-25(37-19)20-22(30-33)21-18(29-24(20)35)10-15(11-27-21)23(34)26-6-7-32(8-9-36-2)17-4-3-5-17/h10-14,17H,3-9H2,1-2H3,(H,26,34)(H,29,35). The highest BCUT2D eigenvalue weighted by atomic mass is 32.1. The molecule has 0 aromatic carbocycles. The van der Waals surface area contributed by atoms with Crippen LogP contribution in [0.15, 0.2) is 35.6 Å². The Balaban J connectivity index is 1.23. The molecule has 0 atom stereocenters. The molecule has 0 spiro atoms. The summed E-state index contributed by atoms with van der Waals surface area (Å²) in [6.45, 7) is 2.84. The Bertz CT molecular complexity index is 1660. The summed E-state index contributed by atoms with van der Waals surface area (Å²) >= 11 is 1.48. The van der Waals surface area contributed by atoms with Crippen molar-refractivity contribution in [2.45, 2.75) is 25.3 Å². The lowest BCUT2D eigenvalue weighted by molar-refractivity contribution is 0.0813. The molecule has 0 radical (unpaired) electrons. The number of aryl methyl sites for hydroxylation is 1. The largest absolute Gasteiger partial charge is 0.383 e. The summed E-state index contributed by atoms with van der Waals surface area (Å²) in [4.78, 5) is 37.4. The van der Waals surface area contributed by atoms with Gasteiger partial charge in [0.2, 0.25) is 0 Å². The molecule has 0 saturated heterocycles. The Hall–Kier alpha value is -3.61. The molecular formula is C25H28N8O3S. The third-order valence-corrected chi connectivity index (χ3v) is 8.16. The quantitative estimate of drug-likeness (QED) is 0.306. The molecule has 1 amide bonds. The van der Waals surface area contributed by atoms with Gasteiger partial charge in [-0.1, -0.05) is 6.42 Å². The van der Waals surface area contributed by atoms with E-state index < -0.39 is 0 Å². The number of nitrogens with one attached hydrogen (secondary N) is 2. The number of rotatable bonds is 9. The Kier molecular flexibility index (Phi) is 6.22. The number of aromatic nitrogens is 6. The molecule has 0 bridgehead atoms. The van der Waals surface area contributed by atoms with Crippen LogP contribution in [0.25, 0.3) is 37.2 Å². The molecule has 1 aliphatic carbocycles. The van der Waals surface area contributed by atoms with E-state index in [2.05, 4.69) is 30.4 Å². The van der Waals surface area contributed by atoms with E-state index in [9.17, 15) is 9.59 Å². The first-order valence-corrected chi connectivity index (χ1v) is 13.2. The average molecular weight is 521 g/mol. The van der Waals surface area contributed by atoms with Crippen LogP contribution in [0, 0.1) is 0 Å². The van der Waals surface area contributed by atoms with Crippen molar-refractivity contribution in [3.05, 3.63) is 46.8 Å². The fourth-order valence-corrected chi connectivity index (χ4v) is 5.87. The maximum absolute atomic E-state index is 13.1. The van der Waals surface area contributed by atoms with Crippen molar-refractivity contribution in [1.29, 1.82) is 0 Å². The van der Waals surface area contributed by atoms with E-state index >= 15 is 0 Å². The van der Waals surface area contributed by atoms with Gasteiger partial charge < -0.3 is 15.0 Å². The lowest BCUT2D eigenvalue weighted by Crippen LogP contribution is -2.45. The van der Waals surface area contributed by atoms with Crippen molar-refractivity contribution in [2.24, 2.45) is 7.05 Å². The highest BCUT2D eigenvalue weighted by molar-refractivity contribution is 7.21. The smallest absolute Gasteiger partial charge is 0.261 e. The lowest BCUT2D eigenvalue weighted by Gasteiger charge is -2.37. The molecule has 2 N–H and O–H groups in total. The number of aromatic amines is 1. The molecule has 0 unspecified atom stereocenters. The Labute approximate surface area is 216 Å². The molecule has 1 aliphatic rings. The first-order chi connectivity index (χ1) is 18.0. The molecule has 192 valence electrons. The van der Waals surface area contributed by atoms with E-state index in [0.29, 0.717) is 46.7 Å². The number of thiazole rings is 1. The normalized spacial score (nSPS) is 14.2. The third kappa shape index (κ3) is 4.41. The predicted octanol–water partition coefficient (Wildman–Crippen LogP) is 2.42. The molecular weight excluding hydrogens is 492 g/mol. The van der Waals surface area contributed by atoms with Crippen molar-refractivity contribution in [3.8, 4) is 10.4 Å². The summed E-state index contributed by atoms with van der Waals surface area (Å²) in [5, 5.41) is 12.4. The van der Waals surface area contributed by atoms with Crippen LogP contribution in [0.1, 0.15) is 29.6 Å². The third-order valence-electron chi connectivity index (χ3n) is 7.01. The number of nitrogens with zero attached hydrogens (tertiary/aromatic N) is 6. The fraction of sp³-hybridized carbons (Fsp3) is 0.400. The first kappa shape index (κ1) is 23.8. The zero-order chi connectivity index (χ0) is 25.5. The Morgan fingerprint density at radius 1 is 1.27 bits per heavy atom. The number of H-pyrrole nitrogens is 1. The van der Waals surface area contributed by atoms with Crippen molar-refractivity contribution in [2.75, 3.05) is 33.4 Å². The maximum Gasteiger partial charge on any atom is 0.261 e. The minimum atomic E-state index is -0.259. The summed E-state index contributed by atoms with van der Waals surface area (Å²) in [7, 11) is 3.57. The molecule has 1 fully saturated rings. The second kappa shape index (κ2) is 9.69. The van der Waals surface area contributed by atoms with Gasteiger partial charge >= 0.3 is 0 Å².